The normalized spacial score (nSPS) is 11.5. The average molecular weight is 256 g/mol. The fourth-order valence-electron chi connectivity index (χ4n) is 1.45. The molecule has 2 aromatic heterocycles. The van der Waals surface area contributed by atoms with Crippen LogP contribution in [-0.2, 0) is 0 Å². The number of fused-ring (bicyclic) bond motifs is 1. The molecule has 16 heavy (non-hydrogen) atoms. The van der Waals surface area contributed by atoms with Gasteiger partial charge in [-0.1, -0.05) is 13.8 Å². The molecule has 3 nitrogen and oxygen atoms in total. The van der Waals surface area contributed by atoms with Crippen molar-refractivity contribution in [3.63, 3.8) is 0 Å². The van der Waals surface area contributed by atoms with Crippen LogP contribution in [0.15, 0.2) is 23.5 Å². The highest BCUT2D eigenvalue weighted by Crippen LogP contribution is 2.23. The van der Waals surface area contributed by atoms with Crippen LogP contribution >= 0.6 is 23.4 Å². The Hall–Kier alpha value is -0.740. The summed E-state index contributed by atoms with van der Waals surface area (Å²) in [6.07, 6.45) is 3.66. The Labute approximate surface area is 104 Å². The molecule has 5 heteroatoms. The van der Waals surface area contributed by atoms with E-state index < -0.39 is 0 Å². The van der Waals surface area contributed by atoms with Crippen LogP contribution in [0.2, 0.25) is 0 Å². The summed E-state index contributed by atoms with van der Waals surface area (Å²) in [6.45, 7) is 4.28. The Morgan fingerprint density at radius 3 is 3.00 bits per heavy atom. The quantitative estimate of drug-likeness (QED) is 0.621. The van der Waals surface area contributed by atoms with Gasteiger partial charge in [0, 0.05) is 24.0 Å². The molecule has 0 aliphatic rings. The highest BCUT2D eigenvalue weighted by atomic mass is 35.5. The topological polar surface area (TPSA) is 30.2 Å². The van der Waals surface area contributed by atoms with Crippen molar-refractivity contribution >= 4 is 28.9 Å². The molecular weight excluding hydrogens is 242 g/mol. The van der Waals surface area contributed by atoms with E-state index in [0.717, 1.165) is 22.0 Å². The van der Waals surface area contributed by atoms with Gasteiger partial charge in [0.15, 0.2) is 0 Å². The zero-order chi connectivity index (χ0) is 11.5. The van der Waals surface area contributed by atoms with Gasteiger partial charge in [-0.25, -0.2) is 9.50 Å². The largest absolute Gasteiger partial charge is 0.246 e. The van der Waals surface area contributed by atoms with E-state index >= 15 is 0 Å². The van der Waals surface area contributed by atoms with E-state index in [-0.39, 0.29) is 0 Å². The number of thioether (sulfide) groups is 1. The number of alkyl halides is 1. The third-order valence-corrected chi connectivity index (χ3v) is 3.69. The van der Waals surface area contributed by atoms with Crippen LogP contribution < -0.4 is 0 Å². The van der Waals surface area contributed by atoms with Gasteiger partial charge in [0.25, 0.3) is 0 Å². The fraction of sp³-hybridized carbons (Fsp3) is 0.455. The molecule has 2 rings (SSSR count). The van der Waals surface area contributed by atoms with E-state index in [4.69, 9.17) is 11.6 Å². The molecule has 0 saturated carbocycles. The lowest BCUT2D eigenvalue weighted by Gasteiger charge is -1.99. The standard InChI is InChI=1S/C11H14ClN3S/c1-8(2)9-7-10-11(16-6-3-12)13-4-5-15(10)14-9/h4-5,7-8H,3,6H2,1-2H3. The van der Waals surface area contributed by atoms with Gasteiger partial charge in [-0.3, -0.25) is 0 Å². The molecule has 86 valence electrons. The van der Waals surface area contributed by atoms with Gasteiger partial charge in [0.1, 0.15) is 5.03 Å². The van der Waals surface area contributed by atoms with Crippen molar-refractivity contribution in [2.75, 3.05) is 11.6 Å². The number of aromatic nitrogens is 3. The van der Waals surface area contributed by atoms with E-state index in [0.29, 0.717) is 11.8 Å². The van der Waals surface area contributed by atoms with Crippen LogP contribution in [0.5, 0.6) is 0 Å². The maximum absolute atomic E-state index is 5.69. The van der Waals surface area contributed by atoms with E-state index in [2.05, 4.69) is 30.0 Å². The van der Waals surface area contributed by atoms with Gasteiger partial charge < -0.3 is 0 Å². The van der Waals surface area contributed by atoms with Gasteiger partial charge in [-0.05, 0) is 12.0 Å². The predicted molar refractivity (Wildman–Crippen MR) is 68.5 cm³/mol. The van der Waals surface area contributed by atoms with Crippen molar-refractivity contribution in [3.05, 3.63) is 24.2 Å². The second-order valence-electron chi connectivity index (χ2n) is 3.82. The second-order valence-corrected chi connectivity index (χ2v) is 5.29. The van der Waals surface area contributed by atoms with Gasteiger partial charge >= 0.3 is 0 Å². The molecule has 2 aromatic rings. The molecule has 0 aliphatic heterocycles. The van der Waals surface area contributed by atoms with Crippen LogP contribution in [0.25, 0.3) is 5.52 Å². The third-order valence-electron chi connectivity index (χ3n) is 2.28. The number of halogens is 1. The van der Waals surface area contributed by atoms with Gasteiger partial charge in [-0.15, -0.1) is 23.4 Å². The monoisotopic (exact) mass is 255 g/mol. The number of nitrogens with zero attached hydrogens (tertiary/aromatic N) is 3. The molecule has 0 spiro atoms. The Kier molecular flexibility index (Phi) is 3.71. The molecule has 0 saturated heterocycles. The summed E-state index contributed by atoms with van der Waals surface area (Å²) >= 11 is 7.36. The summed E-state index contributed by atoms with van der Waals surface area (Å²) in [4.78, 5) is 4.36. The van der Waals surface area contributed by atoms with E-state index in [1.54, 1.807) is 18.0 Å². The first-order valence-electron chi connectivity index (χ1n) is 5.25. The minimum absolute atomic E-state index is 0.436. The number of hydrogen-bond donors (Lipinski definition) is 0. The van der Waals surface area contributed by atoms with Crippen molar-refractivity contribution in [1.82, 2.24) is 14.6 Å². The number of rotatable bonds is 4. The molecule has 0 unspecified atom stereocenters. The van der Waals surface area contributed by atoms with Gasteiger partial charge in [-0.2, -0.15) is 5.10 Å². The highest BCUT2D eigenvalue weighted by Gasteiger charge is 2.09. The zero-order valence-electron chi connectivity index (χ0n) is 9.35. The maximum atomic E-state index is 5.69. The van der Waals surface area contributed by atoms with Crippen molar-refractivity contribution in [3.8, 4) is 0 Å². The van der Waals surface area contributed by atoms with Crippen LogP contribution in [0, 0.1) is 0 Å². The van der Waals surface area contributed by atoms with Crippen molar-refractivity contribution in [2.24, 2.45) is 0 Å². The average Bonchev–Trinajstić information content (AvgIpc) is 2.70. The van der Waals surface area contributed by atoms with Crippen LogP contribution in [0.1, 0.15) is 25.5 Å². The molecule has 0 bridgehead atoms. The van der Waals surface area contributed by atoms with Crippen LogP contribution in [0.3, 0.4) is 0 Å². The predicted octanol–water partition coefficient (Wildman–Crippen LogP) is 3.18. The SMILES string of the molecule is CC(C)c1cc2c(SCCCl)nccn2n1. The minimum atomic E-state index is 0.436. The van der Waals surface area contributed by atoms with Crippen LogP contribution in [0.4, 0.5) is 0 Å². The summed E-state index contributed by atoms with van der Waals surface area (Å²) in [5.74, 6) is 1.94. The van der Waals surface area contributed by atoms with Gasteiger partial charge in [0.2, 0.25) is 0 Å². The summed E-state index contributed by atoms with van der Waals surface area (Å²) in [6, 6.07) is 2.11. The number of hydrogen-bond acceptors (Lipinski definition) is 3. The van der Waals surface area contributed by atoms with Gasteiger partial charge in [0.05, 0.1) is 11.2 Å². The summed E-state index contributed by atoms with van der Waals surface area (Å²) in [5, 5.41) is 5.51. The lowest BCUT2D eigenvalue weighted by molar-refractivity contribution is 0.784. The Morgan fingerprint density at radius 1 is 1.50 bits per heavy atom. The Morgan fingerprint density at radius 2 is 2.31 bits per heavy atom. The molecule has 0 aliphatic carbocycles. The van der Waals surface area contributed by atoms with Crippen molar-refractivity contribution in [2.45, 2.75) is 24.8 Å². The second kappa shape index (κ2) is 5.06. The first-order chi connectivity index (χ1) is 7.72. The lowest BCUT2D eigenvalue weighted by atomic mass is 10.1. The fourth-order valence-corrected chi connectivity index (χ4v) is 2.38. The summed E-state index contributed by atoms with van der Waals surface area (Å²) < 4.78 is 1.89. The minimum Gasteiger partial charge on any atom is -0.246 e. The molecule has 0 radical (unpaired) electrons. The summed E-state index contributed by atoms with van der Waals surface area (Å²) in [7, 11) is 0. The molecule has 0 aromatic carbocycles. The highest BCUT2D eigenvalue weighted by molar-refractivity contribution is 7.99. The maximum Gasteiger partial charge on any atom is 0.122 e. The summed E-state index contributed by atoms with van der Waals surface area (Å²) in [5.41, 5.74) is 2.17. The van der Waals surface area contributed by atoms with E-state index in [1.807, 2.05) is 10.7 Å². The van der Waals surface area contributed by atoms with Crippen LogP contribution in [-0.4, -0.2) is 26.2 Å². The molecule has 2 heterocycles. The lowest BCUT2D eigenvalue weighted by Crippen LogP contribution is -1.93. The van der Waals surface area contributed by atoms with Crippen molar-refractivity contribution < 1.29 is 0 Å². The molecule has 0 N–H and O–H groups in total. The third kappa shape index (κ3) is 2.33. The Bertz CT molecular complexity index is 481. The zero-order valence-corrected chi connectivity index (χ0v) is 10.9. The smallest absolute Gasteiger partial charge is 0.122 e. The first-order valence-corrected chi connectivity index (χ1v) is 6.77. The molecule has 0 amide bonds. The van der Waals surface area contributed by atoms with E-state index in [9.17, 15) is 0 Å². The molecular formula is C11H14ClN3S. The molecule has 0 atom stereocenters. The first kappa shape index (κ1) is 11.7. The van der Waals surface area contributed by atoms with Crippen molar-refractivity contribution in [1.29, 1.82) is 0 Å². The Balaban J connectivity index is 2.41. The van der Waals surface area contributed by atoms with E-state index in [1.165, 1.54) is 0 Å². The molecule has 0 fully saturated rings.